The van der Waals surface area contributed by atoms with Crippen LogP contribution in [0.5, 0.6) is 0 Å². The van der Waals surface area contributed by atoms with Crippen LogP contribution in [0.4, 0.5) is 14.5 Å². The van der Waals surface area contributed by atoms with Crippen molar-refractivity contribution < 1.29 is 8.78 Å². The topological polar surface area (TPSA) is 38.0 Å². The number of thiocarbonyl (C=S) groups is 1. The SMILES string of the molecule is NC(=S)c1ccccc1NCCc1cc(F)cc(F)c1. The lowest BCUT2D eigenvalue weighted by atomic mass is 10.1. The van der Waals surface area contributed by atoms with Crippen LogP contribution in [0.1, 0.15) is 11.1 Å². The molecule has 0 bridgehead atoms. The zero-order chi connectivity index (χ0) is 14.5. The van der Waals surface area contributed by atoms with Crippen molar-refractivity contribution in [3.8, 4) is 0 Å². The average Bonchev–Trinajstić information content (AvgIpc) is 2.38. The molecule has 2 rings (SSSR count). The molecule has 20 heavy (non-hydrogen) atoms. The molecule has 0 amide bonds. The maximum Gasteiger partial charge on any atom is 0.126 e. The summed E-state index contributed by atoms with van der Waals surface area (Å²) in [7, 11) is 0. The van der Waals surface area contributed by atoms with Gasteiger partial charge in [0.1, 0.15) is 16.6 Å². The van der Waals surface area contributed by atoms with E-state index >= 15 is 0 Å². The molecular weight excluding hydrogens is 278 g/mol. The van der Waals surface area contributed by atoms with Crippen molar-refractivity contribution in [3.63, 3.8) is 0 Å². The number of halogens is 2. The van der Waals surface area contributed by atoms with Crippen LogP contribution in [-0.2, 0) is 6.42 Å². The molecule has 2 aromatic carbocycles. The number of anilines is 1. The third-order valence-electron chi connectivity index (χ3n) is 2.84. The van der Waals surface area contributed by atoms with Gasteiger partial charge in [0.05, 0.1) is 0 Å². The number of benzene rings is 2. The van der Waals surface area contributed by atoms with Crippen molar-refractivity contribution in [1.29, 1.82) is 0 Å². The quantitative estimate of drug-likeness (QED) is 0.831. The Morgan fingerprint density at radius 1 is 1.10 bits per heavy atom. The first-order valence-corrected chi connectivity index (χ1v) is 6.55. The molecule has 0 aromatic heterocycles. The van der Waals surface area contributed by atoms with Crippen LogP contribution in [0, 0.1) is 11.6 Å². The van der Waals surface area contributed by atoms with Gasteiger partial charge in [-0.25, -0.2) is 8.78 Å². The van der Waals surface area contributed by atoms with Crippen molar-refractivity contribution in [2.24, 2.45) is 5.73 Å². The zero-order valence-corrected chi connectivity index (χ0v) is 11.5. The largest absolute Gasteiger partial charge is 0.389 e. The van der Waals surface area contributed by atoms with Crippen LogP contribution in [0.2, 0.25) is 0 Å². The Morgan fingerprint density at radius 2 is 1.75 bits per heavy atom. The standard InChI is InChI=1S/C15H14F2N2S/c16-11-7-10(8-12(17)9-11)5-6-19-14-4-2-1-3-13(14)15(18)20/h1-4,7-9,19H,5-6H2,(H2,18,20). The lowest BCUT2D eigenvalue weighted by Gasteiger charge is -2.11. The van der Waals surface area contributed by atoms with Gasteiger partial charge in [-0.05, 0) is 36.2 Å². The summed E-state index contributed by atoms with van der Waals surface area (Å²) in [6.45, 7) is 0.530. The zero-order valence-electron chi connectivity index (χ0n) is 10.7. The van der Waals surface area contributed by atoms with Gasteiger partial charge in [0, 0.05) is 23.9 Å². The second-order valence-corrected chi connectivity index (χ2v) is 4.80. The van der Waals surface area contributed by atoms with E-state index in [1.807, 2.05) is 24.3 Å². The molecule has 0 fully saturated rings. The smallest absolute Gasteiger partial charge is 0.126 e. The molecule has 0 atom stereocenters. The van der Waals surface area contributed by atoms with E-state index in [9.17, 15) is 8.78 Å². The predicted octanol–water partition coefficient (Wildman–Crippen LogP) is 3.25. The minimum Gasteiger partial charge on any atom is -0.389 e. The molecule has 0 radical (unpaired) electrons. The minimum atomic E-state index is -0.566. The second kappa shape index (κ2) is 6.43. The molecule has 0 saturated carbocycles. The lowest BCUT2D eigenvalue weighted by Crippen LogP contribution is -2.14. The van der Waals surface area contributed by atoms with Crippen molar-refractivity contribution in [3.05, 3.63) is 65.2 Å². The van der Waals surface area contributed by atoms with Gasteiger partial charge in [0.25, 0.3) is 0 Å². The van der Waals surface area contributed by atoms with E-state index in [4.69, 9.17) is 18.0 Å². The molecule has 0 heterocycles. The van der Waals surface area contributed by atoms with E-state index in [2.05, 4.69) is 5.32 Å². The molecule has 2 aromatic rings. The third-order valence-corrected chi connectivity index (χ3v) is 3.06. The molecule has 0 saturated heterocycles. The van der Waals surface area contributed by atoms with E-state index in [-0.39, 0.29) is 0 Å². The Kier molecular flexibility index (Phi) is 4.63. The Hall–Kier alpha value is -2.01. The molecule has 0 aliphatic heterocycles. The van der Waals surface area contributed by atoms with Crippen LogP contribution in [0.15, 0.2) is 42.5 Å². The molecule has 104 valence electrons. The van der Waals surface area contributed by atoms with E-state index in [1.165, 1.54) is 12.1 Å². The van der Waals surface area contributed by atoms with Gasteiger partial charge < -0.3 is 11.1 Å². The highest BCUT2D eigenvalue weighted by atomic mass is 32.1. The maximum absolute atomic E-state index is 13.1. The van der Waals surface area contributed by atoms with Crippen molar-refractivity contribution >= 4 is 22.9 Å². The maximum atomic E-state index is 13.1. The van der Waals surface area contributed by atoms with E-state index < -0.39 is 11.6 Å². The van der Waals surface area contributed by atoms with E-state index in [1.54, 1.807) is 0 Å². The monoisotopic (exact) mass is 292 g/mol. The molecule has 5 heteroatoms. The summed E-state index contributed by atoms with van der Waals surface area (Å²) in [5.74, 6) is -1.13. The molecule has 0 aliphatic carbocycles. The van der Waals surface area contributed by atoms with Crippen molar-refractivity contribution in [1.82, 2.24) is 0 Å². The van der Waals surface area contributed by atoms with Gasteiger partial charge in [0.2, 0.25) is 0 Å². The summed E-state index contributed by atoms with van der Waals surface area (Å²) in [6.07, 6.45) is 0.500. The number of hydrogen-bond acceptors (Lipinski definition) is 2. The summed E-state index contributed by atoms with van der Waals surface area (Å²) in [6, 6.07) is 10.9. The Labute approximate surface area is 121 Å². The minimum absolute atomic E-state index is 0.310. The van der Waals surface area contributed by atoms with Crippen molar-refractivity contribution in [2.45, 2.75) is 6.42 Å². The lowest BCUT2D eigenvalue weighted by molar-refractivity contribution is 0.580. The second-order valence-electron chi connectivity index (χ2n) is 4.36. The number of hydrogen-bond donors (Lipinski definition) is 2. The molecule has 2 nitrogen and oxygen atoms in total. The Balaban J connectivity index is 2.01. The van der Waals surface area contributed by atoms with Crippen LogP contribution in [0.3, 0.4) is 0 Å². The van der Waals surface area contributed by atoms with Crippen molar-refractivity contribution in [2.75, 3.05) is 11.9 Å². The number of rotatable bonds is 5. The number of nitrogens with two attached hydrogens (primary N) is 1. The van der Waals surface area contributed by atoms with E-state index in [0.717, 1.165) is 17.3 Å². The average molecular weight is 292 g/mol. The van der Waals surface area contributed by atoms with Gasteiger partial charge in [-0.15, -0.1) is 0 Å². The Bertz CT molecular complexity index is 609. The first-order valence-electron chi connectivity index (χ1n) is 6.14. The van der Waals surface area contributed by atoms with Crippen LogP contribution < -0.4 is 11.1 Å². The third kappa shape index (κ3) is 3.74. The van der Waals surface area contributed by atoms with Gasteiger partial charge in [0.15, 0.2) is 0 Å². The predicted molar refractivity (Wildman–Crippen MR) is 80.9 cm³/mol. The normalized spacial score (nSPS) is 10.3. The summed E-state index contributed by atoms with van der Waals surface area (Å²) in [5, 5.41) is 3.17. The van der Waals surface area contributed by atoms with Gasteiger partial charge >= 0.3 is 0 Å². The summed E-state index contributed by atoms with van der Waals surface area (Å²) in [5.41, 5.74) is 7.80. The molecule has 0 aliphatic rings. The first-order chi connectivity index (χ1) is 9.56. The summed E-state index contributed by atoms with van der Waals surface area (Å²) in [4.78, 5) is 0.310. The van der Waals surface area contributed by atoms with Gasteiger partial charge in [-0.1, -0.05) is 24.4 Å². The highest BCUT2D eigenvalue weighted by Gasteiger charge is 2.04. The van der Waals surface area contributed by atoms with E-state index in [0.29, 0.717) is 23.5 Å². The van der Waals surface area contributed by atoms with Gasteiger partial charge in [-0.2, -0.15) is 0 Å². The molecule has 3 N–H and O–H groups in total. The van der Waals surface area contributed by atoms with Crippen LogP contribution in [-0.4, -0.2) is 11.5 Å². The summed E-state index contributed by atoms with van der Waals surface area (Å²) < 4.78 is 26.1. The fourth-order valence-corrected chi connectivity index (χ4v) is 2.13. The summed E-state index contributed by atoms with van der Waals surface area (Å²) >= 11 is 4.97. The van der Waals surface area contributed by atoms with Crippen LogP contribution >= 0.6 is 12.2 Å². The highest BCUT2D eigenvalue weighted by molar-refractivity contribution is 7.80. The molecular formula is C15H14F2N2S. The fourth-order valence-electron chi connectivity index (χ4n) is 1.95. The molecule has 0 unspecified atom stereocenters. The number of nitrogens with one attached hydrogen (secondary N) is 1. The Morgan fingerprint density at radius 3 is 2.40 bits per heavy atom. The number of para-hydroxylation sites is 1. The highest BCUT2D eigenvalue weighted by Crippen LogP contribution is 2.15. The van der Waals surface area contributed by atoms with Crippen LogP contribution in [0.25, 0.3) is 0 Å². The fraction of sp³-hybridized carbons (Fsp3) is 0.133. The molecule has 0 spiro atoms. The van der Waals surface area contributed by atoms with Gasteiger partial charge in [-0.3, -0.25) is 0 Å². The first kappa shape index (κ1) is 14.4.